The average Bonchev–Trinajstić information content (AvgIpc) is 2.45. The summed E-state index contributed by atoms with van der Waals surface area (Å²) in [6.07, 6.45) is 2.88. The normalized spacial score (nSPS) is 15.8. The van der Waals surface area contributed by atoms with E-state index in [1.54, 1.807) is 0 Å². The van der Waals surface area contributed by atoms with E-state index in [1.165, 1.54) is 4.68 Å². The van der Waals surface area contributed by atoms with Gasteiger partial charge >= 0.3 is 5.97 Å². The fourth-order valence-electron chi connectivity index (χ4n) is 1.82. The third-order valence-electron chi connectivity index (χ3n) is 2.77. The van der Waals surface area contributed by atoms with Crippen molar-refractivity contribution in [3.63, 3.8) is 0 Å². The lowest BCUT2D eigenvalue weighted by Gasteiger charge is -2.25. The fraction of sp³-hybridized carbons (Fsp3) is 0.556. The molecule has 2 rings (SSSR count). The topological polar surface area (TPSA) is 111 Å². The average molecular weight is 224 g/mol. The molecule has 3 N–H and O–H groups in total. The second-order valence-electron chi connectivity index (χ2n) is 3.88. The van der Waals surface area contributed by atoms with Gasteiger partial charge in [0.2, 0.25) is 5.91 Å². The molecular formula is C9H12N4O3. The first kappa shape index (κ1) is 10.6. The number of carboxylic acid groups (broad SMARTS) is 1. The van der Waals surface area contributed by atoms with Crippen molar-refractivity contribution < 1.29 is 14.7 Å². The second-order valence-corrected chi connectivity index (χ2v) is 3.88. The molecule has 16 heavy (non-hydrogen) atoms. The summed E-state index contributed by atoms with van der Waals surface area (Å²) in [5, 5.41) is 16.2. The highest BCUT2D eigenvalue weighted by atomic mass is 16.4. The smallest absolute Gasteiger partial charge is 0.358 e. The van der Waals surface area contributed by atoms with Crippen LogP contribution in [0.1, 0.15) is 41.4 Å². The van der Waals surface area contributed by atoms with Gasteiger partial charge in [0.1, 0.15) is 6.54 Å². The Kier molecular flexibility index (Phi) is 2.59. The van der Waals surface area contributed by atoms with Gasteiger partial charge in [-0.2, -0.15) is 0 Å². The molecule has 0 unspecified atom stereocenters. The Morgan fingerprint density at radius 2 is 2.19 bits per heavy atom. The summed E-state index contributed by atoms with van der Waals surface area (Å²) in [4.78, 5) is 21.7. The Bertz CT molecular complexity index is 436. The Balaban J connectivity index is 2.36. The molecule has 1 amide bonds. The fourth-order valence-corrected chi connectivity index (χ4v) is 1.82. The number of carbonyl (C=O) groups is 2. The minimum absolute atomic E-state index is 0.0639. The zero-order chi connectivity index (χ0) is 11.7. The van der Waals surface area contributed by atoms with Crippen molar-refractivity contribution >= 4 is 11.9 Å². The van der Waals surface area contributed by atoms with E-state index in [9.17, 15) is 9.59 Å². The number of nitrogens with two attached hydrogens (primary N) is 1. The molecule has 1 heterocycles. The predicted octanol–water partition coefficient (Wildman–Crippen LogP) is -0.271. The number of hydrogen-bond acceptors (Lipinski definition) is 4. The van der Waals surface area contributed by atoms with Gasteiger partial charge in [-0.05, 0) is 12.8 Å². The number of carboxylic acids is 1. The zero-order valence-corrected chi connectivity index (χ0v) is 8.59. The minimum Gasteiger partial charge on any atom is -0.476 e. The molecule has 0 bridgehead atoms. The molecule has 1 aliphatic carbocycles. The Labute approximate surface area is 91.2 Å². The molecule has 0 saturated heterocycles. The Morgan fingerprint density at radius 3 is 2.62 bits per heavy atom. The molecule has 0 spiro atoms. The molecule has 0 aromatic carbocycles. The molecule has 0 radical (unpaired) electrons. The standard InChI is InChI=1S/C9H12N4O3/c10-6(14)4-13-8(5-2-1-3-5)7(9(15)16)11-12-13/h5H,1-4H2,(H2,10,14)(H,15,16). The number of rotatable bonds is 4. The molecule has 1 fully saturated rings. The molecular weight excluding hydrogens is 212 g/mol. The molecule has 1 aromatic heterocycles. The maximum Gasteiger partial charge on any atom is 0.358 e. The summed E-state index contributed by atoms with van der Waals surface area (Å²) in [6, 6.07) is 0. The van der Waals surface area contributed by atoms with Gasteiger partial charge in [0.05, 0.1) is 5.69 Å². The van der Waals surface area contributed by atoms with E-state index in [4.69, 9.17) is 10.8 Å². The van der Waals surface area contributed by atoms with E-state index < -0.39 is 11.9 Å². The number of carbonyl (C=O) groups excluding carboxylic acids is 1. The van der Waals surface area contributed by atoms with Gasteiger partial charge in [-0.15, -0.1) is 5.10 Å². The Hall–Kier alpha value is -1.92. The van der Waals surface area contributed by atoms with E-state index >= 15 is 0 Å². The molecule has 0 atom stereocenters. The van der Waals surface area contributed by atoms with Crippen molar-refractivity contribution in [1.29, 1.82) is 0 Å². The van der Waals surface area contributed by atoms with E-state index in [0.29, 0.717) is 5.69 Å². The number of nitrogens with zero attached hydrogens (tertiary/aromatic N) is 3. The van der Waals surface area contributed by atoms with E-state index in [2.05, 4.69) is 10.3 Å². The maximum absolute atomic E-state index is 10.9. The first-order valence-electron chi connectivity index (χ1n) is 5.04. The van der Waals surface area contributed by atoms with Crippen LogP contribution in [0, 0.1) is 0 Å². The molecule has 86 valence electrons. The van der Waals surface area contributed by atoms with Crippen molar-refractivity contribution in [3.05, 3.63) is 11.4 Å². The molecule has 1 aromatic rings. The van der Waals surface area contributed by atoms with Crippen LogP contribution in [0.4, 0.5) is 0 Å². The monoisotopic (exact) mass is 224 g/mol. The van der Waals surface area contributed by atoms with Crippen LogP contribution in [0.3, 0.4) is 0 Å². The number of primary amides is 1. The largest absolute Gasteiger partial charge is 0.476 e. The number of aromatic carboxylic acids is 1. The predicted molar refractivity (Wildman–Crippen MR) is 52.8 cm³/mol. The van der Waals surface area contributed by atoms with Crippen molar-refractivity contribution in [2.24, 2.45) is 5.73 Å². The van der Waals surface area contributed by atoms with Gasteiger partial charge in [-0.3, -0.25) is 4.79 Å². The number of hydrogen-bond donors (Lipinski definition) is 2. The van der Waals surface area contributed by atoms with Crippen LogP contribution in [0.25, 0.3) is 0 Å². The van der Waals surface area contributed by atoms with Crippen LogP contribution in [0.15, 0.2) is 0 Å². The van der Waals surface area contributed by atoms with Gasteiger partial charge < -0.3 is 10.8 Å². The second kappa shape index (κ2) is 3.92. The van der Waals surface area contributed by atoms with Crippen molar-refractivity contribution in [2.75, 3.05) is 0 Å². The quantitative estimate of drug-likeness (QED) is 0.731. The van der Waals surface area contributed by atoms with Gasteiger partial charge in [0, 0.05) is 5.92 Å². The van der Waals surface area contributed by atoms with Crippen LogP contribution in [-0.4, -0.2) is 32.0 Å². The highest BCUT2D eigenvalue weighted by molar-refractivity contribution is 5.87. The summed E-state index contributed by atoms with van der Waals surface area (Å²) in [5.41, 5.74) is 5.52. The molecule has 7 heteroatoms. The van der Waals surface area contributed by atoms with Crippen LogP contribution < -0.4 is 5.73 Å². The van der Waals surface area contributed by atoms with E-state index in [-0.39, 0.29) is 18.2 Å². The maximum atomic E-state index is 10.9. The van der Waals surface area contributed by atoms with Crippen molar-refractivity contribution in [3.8, 4) is 0 Å². The highest BCUT2D eigenvalue weighted by Crippen LogP contribution is 2.37. The summed E-state index contributed by atoms with van der Waals surface area (Å²) in [5.74, 6) is -1.53. The summed E-state index contributed by atoms with van der Waals surface area (Å²) < 4.78 is 1.30. The Morgan fingerprint density at radius 1 is 1.50 bits per heavy atom. The number of aromatic nitrogens is 3. The zero-order valence-electron chi connectivity index (χ0n) is 8.59. The van der Waals surface area contributed by atoms with Crippen LogP contribution in [0.5, 0.6) is 0 Å². The van der Waals surface area contributed by atoms with Crippen molar-refractivity contribution in [2.45, 2.75) is 31.7 Å². The highest BCUT2D eigenvalue weighted by Gasteiger charge is 2.30. The minimum atomic E-state index is -1.11. The van der Waals surface area contributed by atoms with Gasteiger partial charge in [-0.1, -0.05) is 11.6 Å². The van der Waals surface area contributed by atoms with Gasteiger partial charge in [0.25, 0.3) is 0 Å². The molecule has 1 saturated carbocycles. The van der Waals surface area contributed by atoms with E-state index in [1.807, 2.05) is 0 Å². The third kappa shape index (κ3) is 1.75. The van der Waals surface area contributed by atoms with Crippen LogP contribution >= 0.6 is 0 Å². The van der Waals surface area contributed by atoms with Gasteiger partial charge in [-0.25, -0.2) is 9.48 Å². The van der Waals surface area contributed by atoms with Gasteiger partial charge in [0.15, 0.2) is 5.69 Å². The molecule has 1 aliphatic rings. The van der Waals surface area contributed by atoms with Crippen molar-refractivity contribution in [1.82, 2.24) is 15.0 Å². The third-order valence-corrected chi connectivity index (χ3v) is 2.77. The lowest BCUT2D eigenvalue weighted by Crippen LogP contribution is -2.24. The van der Waals surface area contributed by atoms with Crippen LogP contribution in [-0.2, 0) is 11.3 Å². The summed E-state index contributed by atoms with van der Waals surface area (Å²) >= 11 is 0. The van der Waals surface area contributed by atoms with E-state index in [0.717, 1.165) is 19.3 Å². The molecule has 7 nitrogen and oxygen atoms in total. The summed E-state index contributed by atoms with van der Waals surface area (Å²) in [6.45, 7) is -0.119. The lowest BCUT2D eigenvalue weighted by molar-refractivity contribution is -0.118. The first-order valence-corrected chi connectivity index (χ1v) is 5.04. The first-order chi connectivity index (χ1) is 7.59. The lowest BCUT2D eigenvalue weighted by atomic mass is 9.82. The summed E-state index contributed by atoms with van der Waals surface area (Å²) in [7, 11) is 0. The molecule has 0 aliphatic heterocycles. The van der Waals surface area contributed by atoms with Crippen LogP contribution in [0.2, 0.25) is 0 Å². The number of amides is 1. The SMILES string of the molecule is NC(=O)Cn1nnc(C(=O)O)c1C1CCC1.